The lowest BCUT2D eigenvalue weighted by molar-refractivity contribution is -0.383. The van der Waals surface area contributed by atoms with Crippen molar-refractivity contribution >= 4 is 22.4 Å². The summed E-state index contributed by atoms with van der Waals surface area (Å²) in [7, 11) is 0. The van der Waals surface area contributed by atoms with Crippen LogP contribution in [0.1, 0.15) is 19.8 Å². The van der Waals surface area contributed by atoms with Gasteiger partial charge in [-0.25, -0.2) is 4.63 Å². The summed E-state index contributed by atoms with van der Waals surface area (Å²) < 4.78 is 4.61. The molecule has 0 saturated heterocycles. The van der Waals surface area contributed by atoms with Gasteiger partial charge >= 0.3 is 5.69 Å². The van der Waals surface area contributed by atoms with Crippen LogP contribution in [-0.4, -0.2) is 21.3 Å². The van der Waals surface area contributed by atoms with Gasteiger partial charge in [0.2, 0.25) is 5.52 Å². The first kappa shape index (κ1) is 10.9. The lowest BCUT2D eigenvalue weighted by Crippen LogP contribution is -2.17. The number of benzene rings is 1. The zero-order valence-corrected chi connectivity index (χ0v) is 9.79. The number of nitrogens with one attached hydrogen (secondary N) is 1. The van der Waals surface area contributed by atoms with E-state index in [2.05, 4.69) is 27.2 Å². The maximum Gasteiger partial charge on any atom is 0.300 e. The van der Waals surface area contributed by atoms with Gasteiger partial charge in [-0.05, 0) is 42.1 Å². The molecular weight excluding hydrogens is 236 g/mol. The summed E-state index contributed by atoms with van der Waals surface area (Å²) in [6, 6.07) is 3.41. The predicted molar refractivity (Wildman–Crippen MR) is 64.3 cm³/mol. The lowest BCUT2D eigenvalue weighted by Gasteiger charge is -2.13. The van der Waals surface area contributed by atoms with Crippen LogP contribution in [0.4, 0.5) is 11.4 Å². The number of hydrogen-bond donors (Lipinski definition) is 1. The third-order valence-electron chi connectivity index (χ3n) is 3.30. The van der Waals surface area contributed by atoms with Crippen LogP contribution in [-0.2, 0) is 0 Å². The molecule has 18 heavy (non-hydrogen) atoms. The van der Waals surface area contributed by atoms with Gasteiger partial charge in [0.1, 0.15) is 0 Å². The molecule has 1 heterocycles. The molecule has 1 fully saturated rings. The van der Waals surface area contributed by atoms with Crippen LogP contribution < -0.4 is 5.32 Å². The van der Waals surface area contributed by atoms with Crippen LogP contribution in [0.3, 0.4) is 0 Å². The molecule has 1 aliphatic carbocycles. The molecule has 1 aliphatic rings. The molecule has 94 valence electrons. The highest BCUT2D eigenvalue weighted by Gasteiger charge is 2.29. The zero-order valence-electron chi connectivity index (χ0n) is 9.79. The summed E-state index contributed by atoms with van der Waals surface area (Å²) in [5.74, 6) is 0.676. The van der Waals surface area contributed by atoms with Crippen molar-refractivity contribution in [3.8, 4) is 0 Å². The van der Waals surface area contributed by atoms with Crippen LogP contribution in [0.15, 0.2) is 16.8 Å². The first-order valence-corrected chi connectivity index (χ1v) is 5.83. The number of anilines is 1. The Balaban J connectivity index is 2.00. The number of rotatable bonds is 4. The summed E-state index contributed by atoms with van der Waals surface area (Å²) in [6.07, 6.45) is 2.45. The Morgan fingerprint density at radius 1 is 1.44 bits per heavy atom. The number of nitro benzene ring substituents is 1. The van der Waals surface area contributed by atoms with Gasteiger partial charge in [0.15, 0.2) is 5.52 Å². The van der Waals surface area contributed by atoms with Gasteiger partial charge < -0.3 is 5.32 Å². The molecule has 1 aromatic heterocycles. The molecule has 0 amide bonds. The highest BCUT2D eigenvalue weighted by Crippen LogP contribution is 2.35. The predicted octanol–water partition coefficient (Wildman–Crippen LogP) is 2.34. The highest BCUT2D eigenvalue weighted by molar-refractivity contribution is 5.93. The van der Waals surface area contributed by atoms with Crippen LogP contribution >= 0.6 is 0 Å². The molecule has 3 rings (SSSR count). The summed E-state index contributed by atoms with van der Waals surface area (Å²) in [5.41, 5.74) is 1.25. The number of fused-ring (bicyclic) bond motifs is 1. The van der Waals surface area contributed by atoms with E-state index in [0.717, 1.165) is 5.69 Å². The van der Waals surface area contributed by atoms with E-state index in [1.54, 1.807) is 6.07 Å². The Morgan fingerprint density at radius 2 is 2.17 bits per heavy atom. The molecule has 7 nitrogen and oxygen atoms in total. The monoisotopic (exact) mass is 248 g/mol. The largest absolute Gasteiger partial charge is 0.380 e. The molecular formula is C11H12N4O3. The van der Waals surface area contributed by atoms with Crippen molar-refractivity contribution in [2.75, 3.05) is 5.32 Å². The number of non-ortho nitro benzene ring substituents is 1. The van der Waals surface area contributed by atoms with E-state index >= 15 is 0 Å². The Kier molecular flexibility index (Phi) is 2.39. The molecule has 1 unspecified atom stereocenters. The second kappa shape index (κ2) is 3.94. The summed E-state index contributed by atoms with van der Waals surface area (Å²) in [5, 5.41) is 21.5. The molecule has 1 saturated carbocycles. The molecule has 0 radical (unpaired) electrons. The summed E-state index contributed by atoms with van der Waals surface area (Å²) in [4.78, 5) is 10.4. The first-order valence-electron chi connectivity index (χ1n) is 5.83. The number of nitrogens with zero attached hydrogens (tertiary/aromatic N) is 3. The van der Waals surface area contributed by atoms with Crippen molar-refractivity contribution in [2.24, 2.45) is 5.92 Å². The van der Waals surface area contributed by atoms with Crippen molar-refractivity contribution in [1.29, 1.82) is 0 Å². The Bertz CT molecular complexity index is 605. The Hall–Kier alpha value is -2.18. The molecule has 1 atom stereocenters. The van der Waals surface area contributed by atoms with Gasteiger partial charge in [-0.1, -0.05) is 0 Å². The fourth-order valence-corrected chi connectivity index (χ4v) is 2.08. The normalized spacial score (nSPS) is 16.7. The molecule has 7 heteroatoms. The minimum absolute atomic E-state index is 0.0872. The van der Waals surface area contributed by atoms with Gasteiger partial charge in [-0.2, -0.15) is 0 Å². The van der Waals surface area contributed by atoms with E-state index in [-0.39, 0.29) is 11.2 Å². The number of hydrogen-bond acceptors (Lipinski definition) is 6. The second-order valence-corrected chi connectivity index (χ2v) is 4.62. The van der Waals surface area contributed by atoms with E-state index in [9.17, 15) is 10.1 Å². The molecule has 1 aromatic carbocycles. The average molecular weight is 248 g/mol. The van der Waals surface area contributed by atoms with Crippen molar-refractivity contribution in [1.82, 2.24) is 10.3 Å². The number of nitro groups is 1. The van der Waals surface area contributed by atoms with Crippen LogP contribution in [0.2, 0.25) is 0 Å². The van der Waals surface area contributed by atoms with Crippen molar-refractivity contribution < 1.29 is 9.55 Å². The minimum Gasteiger partial charge on any atom is -0.380 e. The van der Waals surface area contributed by atoms with Gasteiger partial charge in [-0.15, -0.1) is 0 Å². The second-order valence-electron chi connectivity index (χ2n) is 4.62. The fraction of sp³-hybridized carbons (Fsp3) is 0.455. The fourth-order valence-electron chi connectivity index (χ4n) is 2.08. The zero-order chi connectivity index (χ0) is 12.7. The maximum atomic E-state index is 10.8. The standard InChI is InChI=1S/C11H12N4O3/c1-6(7-2-3-7)12-8-4-5-9(15(16)17)11-10(8)13-18-14-11/h4-7,12H,2-3H2,1H3. The van der Waals surface area contributed by atoms with Crippen molar-refractivity contribution in [3.63, 3.8) is 0 Å². The maximum absolute atomic E-state index is 10.8. The quantitative estimate of drug-likeness (QED) is 0.659. The molecule has 0 bridgehead atoms. The van der Waals surface area contributed by atoms with E-state index < -0.39 is 4.92 Å². The SMILES string of the molecule is CC(Nc1ccc([N+](=O)[O-])c2nonc12)C1CC1. The lowest BCUT2D eigenvalue weighted by atomic mass is 10.2. The third-order valence-corrected chi connectivity index (χ3v) is 3.30. The van der Waals surface area contributed by atoms with Crippen LogP contribution in [0.5, 0.6) is 0 Å². The van der Waals surface area contributed by atoms with E-state index in [1.807, 2.05) is 0 Å². The average Bonchev–Trinajstić information content (AvgIpc) is 3.07. The van der Waals surface area contributed by atoms with Crippen molar-refractivity contribution in [2.45, 2.75) is 25.8 Å². The first-order chi connectivity index (χ1) is 8.66. The molecule has 2 aromatic rings. The van der Waals surface area contributed by atoms with Gasteiger partial charge in [0.25, 0.3) is 0 Å². The van der Waals surface area contributed by atoms with Crippen LogP contribution in [0, 0.1) is 16.0 Å². The van der Waals surface area contributed by atoms with Gasteiger partial charge in [-0.3, -0.25) is 10.1 Å². The van der Waals surface area contributed by atoms with E-state index in [0.29, 0.717) is 17.5 Å². The number of aromatic nitrogens is 2. The molecule has 1 N–H and O–H groups in total. The molecule has 0 aliphatic heterocycles. The van der Waals surface area contributed by atoms with Gasteiger partial charge in [0.05, 0.1) is 10.6 Å². The van der Waals surface area contributed by atoms with E-state index in [1.165, 1.54) is 18.9 Å². The summed E-state index contributed by atoms with van der Waals surface area (Å²) >= 11 is 0. The Labute approximate surface area is 102 Å². The van der Waals surface area contributed by atoms with Gasteiger partial charge in [0, 0.05) is 12.1 Å². The topological polar surface area (TPSA) is 94.1 Å². The van der Waals surface area contributed by atoms with Crippen molar-refractivity contribution in [3.05, 3.63) is 22.2 Å². The van der Waals surface area contributed by atoms with E-state index in [4.69, 9.17) is 0 Å². The highest BCUT2D eigenvalue weighted by atomic mass is 16.6. The van der Waals surface area contributed by atoms with Crippen LogP contribution in [0.25, 0.3) is 11.0 Å². The summed E-state index contributed by atoms with van der Waals surface area (Å²) in [6.45, 7) is 2.10. The minimum atomic E-state index is -0.485. The third kappa shape index (κ3) is 1.77. The smallest absolute Gasteiger partial charge is 0.300 e. The Morgan fingerprint density at radius 3 is 2.83 bits per heavy atom. The molecule has 0 spiro atoms.